The van der Waals surface area contributed by atoms with E-state index in [2.05, 4.69) is 10.1 Å². The van der Waals surface area contributed by atoms with E-state index in [9.17, 15) is 4.39 Å². The summed E-state index contributed by atoms with van der Waals surface area (Å²) in [7, 11) is 0. The first kappa shape index (κ1) is 14.7. The van der Waals surface area contributed by atoms with Crippen molar-refractivity contribution in [3.05, 3.63) is 41.2 Å². The van der Waals surface area contributed by atoms with Crippen molar-refractivity contribution in [2.45, 2.75) is 10.6 Å². The highest BCUT2D eigenvalue weighted by Crippen LogP contribution is 2.36. The third-order valence-electron chi connectivity index (χ3n) is 2.69. The Bertz CT molecular complexity index is 740. The fraction of sp³-hybridized carbons (Fsp3) is 0.0769. The van der Waals surface area contributed by atoms with Gasteiger partial charge in [0, 0.05) is 10.6 Å². The Balaban J connectivity index is 2.31. The number of nitriles is 1. The Morgan fingerprint density at radius 3 is 2.81 bits per heavy atom. The number of pyridine rings is 1. The molecule has 0 aliphatic heterocycles. The molecule has 0 atom stereocenters. The van der Waals surface area contributed by atoms with Crippen LogP contribution in [0.15, 0.2) is 34.3 Å². The average Bonchev–Trinajstić information content (AvgIpc) is 2.44. The number of thioether (sulfide) groups is 1. The summed E-state index contributed by atoms with van der Waals surface area (Å²) in [6.45, 7) is 0. The molecule has 6 nitrogen and oxygen atoms in total. The maximum atomic E-state index is 13.3. The maximum Gasteiger partial charge on any atom is 0.154 e. The van der Waals surface area contributed by atoms with Gasteiger partial charge in [0.05, 0.1) is 11.6 Å². The van der Waals surface area contributed by atoms with Gasteiger partial charge in [-0.1, -0.05) is 0 Å². The molecule has 0 radical (unpaired) electrons. The van der Waals surface area contributed by atoms with Crippen molar-refractivity contribution < 1.29 is 4.39 Å². The zero-order chi connectivity index (χ0) is 15.4. The molecule has 21 heavy (non-hydrogen) atoms. The van der Waals surface area contributed by atoms with E-state index in [0.29, 0.717) is 21.8 Å². The Hall–Kier alpha value is -2.66. The zero-order valence-electron chi connectivity index (χ0n) is 10.8. The first-order chi connectivity index (χ1) is 10.0. The van der Waals surface area contributed by atoms with E-state index < -0.39 is 5.82 Å². The van der Waals surface area contributed by atoms with E-state index in [0.717, 1.165) is 0 Å². The molecule has 2 aromatic rings. The molecule has 5 N–H and O–H groups in total. The SMILES string of the molecule is N#Cc1ccc(F)cc1CSc1cc(N)nc(N)c1N=N. The minimum atomic E-state index is -0.413. The van der Waals surface area contributed by atoms with Gasteiger partial charge in [0.15, 0.2) is 5.82 Å². The third kappa shape index (κ3) is 3.27. The lowest BCUT2D eigenvalue weighted by Crippen LogP contribution is -1.98. The van der Waals surface area contributed by atoms with E-state index in [-0.39, 0.29) is 17.3 Å². The molecule has 0 spiro atoms. The molecule has 0 saturated carbocycles. The van der Waals surface area contributed by atoms with Gasteiger partial charge in [-0.25, -0.2) is 14.9 Å². The predicted octanol–water partition coefficient (Wildman–Crippen LogP) is 3.21. The quantitative estimate of drug-likeness (QED) is 0.590. The monoisotopic (exact) mass is 302 g/mol. The summed E-state index contributed by atoms with van der Waals surface area (Å²) in [6.07, 6.45) is 0. The number of aromatic nitrogens is 1. The molecule has 0 fully saturated rings. The van der Waals surface area contributed by atoms with Crippen molar-refractivity contribution in [1.82, 2.24) is 4.98 Å². The number of nitrogens with zero attached hydrogens (tertiary/aromatic N) is 3. The number of nitrogens with one attached hydrogen (secondary N) is 1. The van der Waals surface area contributed by atoms with Gasteiger partial charge in [0.2, 0.25) is 0 Å². The van der Waals surface area contributed by atoms with Crippen LogP contribution in [0.1, 0.15) is 11.1 Å². The summed E-state index contributed by atoms with van der Waals surface area (Å²) in [5.74, 6) is 0.185. The zero-order valence-corrected chi connectivity index (χ0v) is 11.6. The second-order valence-corrected chi connectivity index (χ2v) is 5.11. The van der Waals surface area contributed by atoms with Crippen molar-refractivity contribution in [1.29, 1.82) is 10.8 Å². The fourth-order valence-corrected chi connectivity index (χ4v) is 2.76. The number of hydrogen-bond donors (Lipinski definition) is 3. The van der Waals surface area contributed by atoms with Crippen LogP contribution in [0, 0.1) is 22.7 Å². The molecule has 0 unspecified atom stereocenters. The van der Waals surface area contributed by atoms with Crippen molar-refractivity contribution in [3.63, 3.8) is 0 Å². The van der Waals surface area contributed by atoms with Gasteiger partial charge in [-0.3, -0.25) is 0 Å². The smallest absolute Gasteiger partial charge is 0.154 e. The van der Waals surface area contributed by atoms with E-state index in [1.54, 1.807) is 6.07 Å². The number of anilines is 2. The number of nitrogen functional groups attached to an aromatic ring is 2. The molecule has 1 aromatic heterocycles. The van der Waals surface area contributed by atoms with Gasteiger partial charge in [-0.2, -0.15) is 10.4 Å². The molecule has 106 valence electrons. The molecular formula is C13H11FN6S. The number of nitrogens with two attached hydrogens (primary N) is 2. The van der Waals surface area contributed by atoms with Gasteiger partial charge >= 0.3 is 0 Å². The van der Waals surface area contributed by atoms with E-state index in [4.69, 9.17) is 22.3 Å². The van der Waals surface area contributed by atoms with Crippen LogP contribution in [-0.2, 0) is 5.75 Å². The summed E-state index contributed by atoms with van der Waals surface area (Å²) in [5.41, 5.74) is 19.5. The van der Waals surface area contributed by atoms with Crippen LogP contribution >= 0.6 is 11.8 Å². The number of halogens is 1. The molecule has 0 bridgehead atoms. The minimum absolute atomic E-state index is 0.0623. The minimum Gasteiger partial charge on any atom is -0.384 e. The largest absolute Gasteiger partial charge is 0.384 e. The first-order valence-electron chi connectivity index (χ1n) is 5.80. The molecule has 0 aliphatic rings. The number of benzene rings is 1. The van der Waals surface area contributed by atoms with Gasteiger partial charge in [-0.15, -0.1) is 11.8 Å². The Kier molecular flexibility index (Phi) is 4.35. The first-order valence-corrected chi connectivity index (χ1v) is 6.78. The summed E-state index contributed by atoms with van der Waals surface area (Å²) >= 11 is 1.26. The van der Waals surface area contributed by atoms with Crippen LogP contribution < -0.4 is 11.5 Å². The molecule has 0 amide bonds. The second kappa shape index (κ2) is 6.19. The van der Waals surface area contributed by atoms with Gasteiger partial charge in [0.25, 0.3) is 0 Å². The van der Waals surface area contributed by atoms with Gasteiger partial charge < -0.3 is 11.5 Å². The summed E-state index contributed by atoms with van der Waals surface area (Å²) in [6, 6.07) is 7.51. The van der Waals surface area contributed by atoms with Crippen LogP contribution in [0.4, 0.5) is 21.7 Å². The lowest BCUT2D eigenvalue weighted by atomic mass is 10.1. The molecular weight excluding hydrogens is 291 g/mol. The van der Waals surface area contributed by atoms with E-state index in [1.165, 1.54) is 30.0 Å². The highest BCUT2D eigenvalue weighted by molar-refractivity contribution is 7.98. The standard InChI is InChI=1S/C13H11FN6S/c14-9-2-1-7(5-15)8(3-9)6-21-10-4-11(16)19-13(17)12(10)20-18/h1-4,18H,6H2,(H4,16,17,19). The fourth-order valence-electron chi connectivity index (χ4n) is 1.72. The predicted molar refractivity (Wildman–Crippen MR) is 78.5 cm³/mol. The van der Waals surface area contributed by atoms with Crippen molar-refractivity contribution in [2.75, 3.05) is 11.5 Å². The van der Waals surface area contributed by atoms with Crippen molar-refractivity contribution >= 4 is 29.1 Å². The summed E-state index contributed by atoms with van der Waals surface area (Å²) in [4.78, 5) is 4.38. The lowest BCUT2D eigenvalue weighted by Gasteiger charge is -2.08. The lowest BCUT2D eigenvalue weighted by molar-refractivity contribution is 0.626. The normalized spacial score (nSPS) is 10.1. The molecule has 0 saturated heterocycles. The van der Waals surface area contributed by atoms with Crippen LogP contribution in [0.25, 0.3) is 0 Å². The van der Waals surface area contributed by atoms with Crippen LogP contribution in [0.3, 0.4) is 0 Å². The van der Waals surface area contributed by atoms with E-state index >= 15 is 0 Å². The highest BCUT2D eigenvalue weighted by atomic mass is 32.2. The maximum absolute atomic E-state index is 13.3. The molecule has 0 aliphatic carbocycles. The highest BCUT2D eigenvalue weighted by Gasteiger charge is 2.11. The molecule has 1 heterocycles. The number of rotatable bonds is 4. The molecule has 2 rings (SSSR count). The van der Waals surface area contributed by atoms with Gasteiger partial charge in [0.1, 0.15) is 17.3 Å². The van der Waals surface area contributed by atoms with Crippen LogP contribution in [-0.4, -0.2) is 4.98 Å². The Morgan fingerprint density at radius 2 is 2.14 bits per heavy atom. The Labute approximate surface area is 124 Å². The summed E-state index contributed by atoms with van der Waals surface area (Å²) < 4.78 is 13.3. The van der Waals surface area contributed by atoms with Crippen molar-refractivity contribution in [2.24, 2.45) is 5.11 Å². The Morgan fingerprint density at radius 1 is 1.38 bits per heavy atom. The topological polar surface area (TPSA) is 125 Å². The van der Waals surface area contributed by atoms with Crippen molar-refractivity contribution in [3.8, 4) is 6.07 Å². The van der Waals surface area contributed by atoms with Crippen LogP contribution in [0.2, 0.25) is 0 Å². The second-order valence-electron chi connectivity index (χ2n) is 4.09. The van der Waals surface area contributed by atoms with Crippen LogP contribution in [0.5, 0.6) is 0 Å². The average molecular weight is 302 g/mol. The van der Waals surface area contributed by atoms with E-state index in [1.807, 2.05) is 6.07 Å². The summed E-state index contributed by atoms with van der Waals surface area (Å²) in [5, 5.41) is 12.3. The molecule has 8 heteroatoms. The number of hydrogen-bond acceptors (Lipinski definition) is 7. The van der Waals surface area contributed by atoms with Gasteiger partial charge in [-0.05, 0) is 29.8 Å². The molecule has 1 aromatic carbocycles. The third-order valence-corrected chi connectivity index (χ3v) is 3.76.